The Morgan fingerprint density at radius 2 is 1.79 bits per heavy atom. The molecule has 1 amide bonds. The van der Waals surface area contributed by atoms with E-state index in [0.29, 0.717) is 5.56 Å². The number of amides is 1. The molecule has 0 aliphatic heterocycles. The second kappa shape index (κ2) is 8.31. The third-order valence-corrected chi connectivity index (χ3v) is 4.93. The number of carbonyl (C=O) groups excluding carboxylic acids is 1. The van der Waals surface area contributed by atoms with Gasteiger partial charge in [0.05, 0.1) is 24.4 Å². The van der Waals surface area contributed by atoms with Gasteiger partial charge >= 0.3 is 0 Å². The number of hydrogen-bond donors (Lipinski definition) is 2. The Labute approximate surface area is 166 Å². The van der Waals surface area contributed by atoms with E-state index in [0.717, 1.165) is 17.4 Å². The SMILES string of the molecule is CC(NC(=O)Cc1ccccc1C(C)(C)C)c1ccc(NS(C)(=O)=O)c(F)c1. The minimum absolute atomic E-state index is 0.0753. The van der Waals surface area contributed by atoms with Crippen molar-refractivity contribution in [1.82, 2.24) is 5.32 Å². The molecular weight excluding hydrogens is 379 g/mol. The summed E-state index contributed by atoms with van der Waals surface area (Å²) >= 11 is 0. The molecule has 5 nitrogen and oxygen atoms in total. The fourth-order valence-electron chi connectivity index (χ4n) is 3.04. The Balaban J connectivity index is 2.10. The van der Waals surface area contributed by atoms with Crippen LogP contribution in [0.15, 0.2) is 42.5 Å². The lowest BCUT2D eigenvalue weighted by Crippen LogP contribution is -2.29. The third kappa shape index (κ3) is 6.05. The van der Waals surface area contributed by atoms with Gasteiger partial charge < -0.3 is 5.32 Å². The second-order valence-corrected chi connectivity index (χ2v) is 9.74. The van der Waals surface area contributed by atoms with E-state index >= 15 is 0 Å². The Kier molecular flexibility index (Phi) is 6.49. The molecule has 152 valence electrons. The van der Waals surface area contributed by atoms with E-state index in [-0.39, 0.29) is 23.4 Å². The number of sulfonamides is 1. The summed E-state index contributed by atoms with van der Waals surface area (Å²) < 4.78 is 38.8. The number of carbonyl (C=O) groups is 1. The molecule has 0 radical (unpaired) electrons. The Morgan fingerprint density at radius 1 is 1.14 bits per heavy atom. The van der Waals surface area contributed by atoms with E-state index in [1.165, 1.54) is 12.1 Å². The normalized spacial score (nSPS) is 13.1. The summed E-state index contributed by atoms with van der Waals surface area (Å²) in [4.78, 5) is 12.5. The quantitative estimate of drug-likeness (QED) is 0.764. The molecule has 1 unspecified atom stereocenters. The Hall–Kier alpha value is -2.41. The summed E-state index contributed by atoms with van der Waals surface area (Å²) in [6, 6.07) is 11.6. The first-order valence-corrected chi connectivity index (χ1v) is 10.9. The van der Waals surface area contributed by atoms with Crippen molar-refractivity contribution >= 4 is 21.6 Å². The molecule has 0 heterocycles. The van der Waals surface area contributed by atoms with Gasteiger partial charge in [-0.25, -0.2) is 12.8 Å². The number of halogens is 1. The highest BCUT2D eigenvalue weighted by Gasteiger charge is 2.20. The van der Waals surface area contributed by atoms with E-state index in [9.17, 15) is 17.6 Å². The Morgan fingerprint density at radius 3 is 2.36 bits per heavy atom. The third-order valence-electron chi connectivity index (χ3n) is 4.34. The van der Waals surface area contributed by atoms with Crippen molar-refractivity contribution in [3.63, 3.8) is 0 Å². The van der Waals surface area contributed by atoms with Crippen LogP contribution < -0.4 is 10.0 Å². The highest BCUT2D eigenvalue weighted by molar-refractivity contribution is 7.92. The summed E-state index contributed by atoms with van der Waals surface area (Å²) in [5, 5.41) is 2.87. The topological polar surface area (TPSA) is 75.3 Å². The van der Waals surface area contributed by atoms with Gasteiger partial charge in [-0.05, 0) is 41.2 Å². The van der Waals surface area contributed by atoms with Crippen molar-refractivity contribution < 1.29 is 17.6 Å². The molecule has 0 spiro atoms. The van der Waals surface area contributed by atoms with Gasteiger partial charge in [0.2, 0.25) is 15.9 Å². The van der Waals surface area contributed by atoms with Gasteiger partial charge in [0.1, 0.15) is 5.82 Å². The molecule has 2 aromatic carbocycles. The largest absolute Gasteiger partial charge is 0.349 e. The zero-order valence-corrected chi connectivity index (χ0v) is 17.7. The first-order chi connectivity index (χ1) is 12.9. The standard InChI is InChI=1S/C21H27FN2O3S/c1-14(15-10-11-19(18(22)12-15)24-28(5,26)27)23-20(25)13-16-8-6-7-9-17(16)21(2,3)4/h6-12,14,24H,13H2,1-5H3,(H,23,25). The smallest absolute Gasteiger partial charge is 0.229 e. The van der Waals surface area contributed by atoms with E-state index in [2.05, 4.69) is 30.8 Å². The molecule has 0 saturated heterocycles. The van der Waals surface area contributed by atoms with E-state index in [1.54, 1.807) is 13.0 Å². The van der Waals surface area contributed by atoms with Gasteiger partial charge in [-0.2, -0.15) is 0 Å². The van der Waals surface area contributed by atoms with E-state index in [4.69, 9.17) is 0 Å². The van der Waals surface area contributed by atoms with Crippen molar-refractivity contribution in [2.24, 2.45) is 0 Å². The number of anilines is 1. The zero-order chi connectivity index (χ0) is 21.1. The maximum absolute atomic E-state index is 14.2. The molecule has 7 heteroatoms. The average Bonchev–Trinajstić information content (AvgIpc) is 2.54. The van der Waals surface area contributed by atoms with Gasteiger partial charge in [0, 0.05) is 0 Å². The van der Waals surface area contributed by atoms with Crippen molar-refractivity contribution in [2.45, 2.75) is 45.6 Å². The van der Waals surface area contributed by atoms with E-state index in [1.807, 2.05) is 24.3 Å². The number of hydrogen-bond acceptors (Lipinski definition) is 3. The minimum atomic E-state index is -3.56. The number of nitrogens with one attached hydrogen (secondary N) is 2. The molecule has 0 aromatic heterocycles. The molecule has 2 rings (SSSR count). The summed E-state index contributed by atoms with van der Waals surface area (Å²) in [7, 11) is -3.56. The molecule has 0 bridgehead atoms. The van der Waals surface area contributed by atoms with Crippen LogP contribution in [0.1, 0.15) is 50.4 Å². The summed E-state index contributed by atoms with van der Waals surface area (Å²) in [6.07, 6.45) is 1.19. The fraction of sp³-hybridized carbons (Fsp3) is 0.381. The Bertz CT molecular complexity index is 966. The van der Waals surface area contributed by atoms with E-state index < -0.39 is 21.9 Å². The van der Waals surface area contributed by atoms with Gasteiger partial charge in [0.15, 0.2) is 0 Å². The monoisotopic (exact) mass is 406 g/mol. The van der Waals surface area contributed by atoms with Crippen molar-refractivity contribution in [3.8, 4) is 0 Å². The predicted octanol–water partition coefficient (Wildman–Crippen LogP) is 3.91. The lowest BCUT2D eigenvalue weighted by molar-refractivity contribution is -0.121. The predicted molar refractivity (Wildman–Crippen MR) is 110 cm³/mol. The van der Waals surface area contributed by atoms with Crippen LogP contribution in [-0.4, -0.2) is 20.6 Å². The van der Waals surface area contributed by atoms with Crippen LogP contribution in [0.4, 0.5) is 10.1 Å². The molecule has 2 N–H and O–H groups in total. The molecular formula is C21H27FN2O3S. The lowest BCUT2D eigenvalue weighted by Gasteiger charge is -2.23. The van der Waals surface area contributed by atoms with Gasteiger partial charge in [-0.15, -0.1) is 0 Å². The minimum Gasteiger partial charge on any atom is -0.349 e. The molecule has 0 aliphatic carbocycles. The van der Waals surface area contributed by atoms with Crippen molar-refractivity contribution in [1.29, 1.82) is 0 Å². The number of benzene rings is 2. The van der Waals surface area contributed by atoms with Crippen LogP contribution in [0, 0.1) is 5.82 Å². The summed E-state index contributed by atoms with van der Waals surface area (Å²) in [5.41, 5.74) is 2.42. The maximum atomic E-state index is 14.2. The van der Waals surface area contributed by atoms with Crippen LogP contribution in [-0.2, 0) is 26.7 Å². The molecule has 28 heavy (non-hydrogen) atoms. The lowest BCUT2D eigenvalue weighted by atomic mass is 9.83. The van der Waals surface area contributed by atoms with Gasteiger partial charge in [0.25, 0.3) is 0 Å². The molecule has 2 aromatic rings. The van der Waals surface area contributed by atoms with Crippen LogP contribution in [0.3, 0.4) is 0 Å². The first-order valence-electron chi connectivity index (χ1n) is 9.02. The zero-order valence-electron chi connectivity index (χ0n) is 16.8. The van der Waals surface area contributed by atoms with Gasteiger partial charge in [-0.3, -0.25) is 9.52 Å². The van der Waals surface area contributed by atoms with Crippen LogP contribution in [0.5, 0.6) is 0 Å². The highest BCUT2D eigenvalue weighted by Crippen LogP contribution is 2.26. The maximum Gasteiger partial charge on any atom is 0.229 e. The second-order valence-electron chi connectivity index (χ2n) is 7.99. The number of rotatable bonds is 6. The molecule has 0 saturated carbocycles. The van der Waals surface area contributed by atoms with Crippen LogP contribution in [0.2, 0.25) is 0 Å². The average molecular weight is 407 g/mol. The highest BCUT2D eigenvalue weighted by atomic mass is 32.2. The van der Waals surface area contributed by atoms with Crippen molar-refractivity contribution in [2.75, 3.05) is 11.0 Å². The van der Waals surface area contributed by atoms with Gasteiger partial charge in [-0.1, -0.05) is 51.1 Å². The molecule has 1 atom stereocenters. The van der Waals surface area contributed by atoms with Crippen LogP contribution >= 0.6 is 0 Å². The van der Waals surface area contributed by atoms with Crippen LogP contribution in [0.25, 0.3) is 0 Å². The summed E-state index contributed by atoms with van der Waals surface area (Å²) in [6.45, 7) is 8.05. The molecule has 0 aliphatic rings. The van der Waals surface area contributed by atoms with Crippen molar-refractivity contribution in [3.05, 3.63) is 65.0 Å². The molecule has 0 fully saturated rings. The summed E-state index contributed by atoms with van der Waals surface area (Å²) in [5.74, 6) is -0.856. The first kappa shape index (κ1) is 21.9. The fourth-order valence-corrected chi connectivity index (χ4v) is 3.60.